The topological polar surface area (TPSA) is 89.6 Å². The van der Waals surface area contributed by atoms with E-state index in [0.717, 1.165) is 61.8 Å². The van der Waals surface area contributed by atoms with E-state index in [-0.39, 0.29) is 17.1 Å². The number of aryl methyl sites for hydroxylation is 2. The first-order chi connectivity index (χ1) is 15.3. The number of hydrogen-bond acceptors (Lipinski definition) is 6. The highest BCUT2D eigenvalue weighted by atomic mass is 32.2. The molecule has 2 heterocycles. The minimum Gasteiger partial charge on any atom is -0.316 e. The first-order valence-corrected chi connectivity index (χ1v) is 13.0. The van der Waals surface area contributed by atoms with Crippen LogP contribution in [0.4, 0.5) is 5.00 Å². The third-order valence-electron chi connectivity index (χ3n) is 6.58. The quantitative estimate of drug-likeness (QED) is 0.591. The number of fused-ring (bicyclic) bond motifs is 2. The van der Waals surface area contributed by atoms with Gasteiger partial charge in [-0.2, -0.15) is 10.5 Å². The molecule has 0 bridgehead atoms. The Bertz CT molecular complexity index is 1130. The number of carbonyl (C=O) groups excluding carboxylic acids is 1. The second kappa shape index (κ2) is 9.25. The van der Waals surface area contributed by atoms with Crippen LogP contribution in [0.25, 0.3) is 0 Å². The Morgan fingerprint density at radius 2 is 2.03 bits per heavy atom. The van der Waals surface area contributed by atoms with E-state index in [1.807, 2.05) is 6.07 Å². The second-order valence-corrected chi connectivity index (χ2v) is 11.8. The molecule has 0 spiro atoms. The van der Waals surface area contributed by atoms with Crippen molar-refractivity contribution in [3.05, 3.63) is 38.9 Å². The molecule has 166 valence electrons. The molecular weight excluding hydrogens is 436 g/mol. The van der Waals surface area contributed by atoms with Crippen LogP contribution in [0, 0.1) is 34.0 Å². The minimum absolute atomic E-state index is 0.165. The van der Waals surface area contributed by atoms with Crippen molar-refractivity contribution in [2.45, 2.75) is 70.7 Å². The van der Waals surface area contributed by atoms with Crippen LogP contribution in [0.15, 0.2) is 11.1 Å². The lowest BCUT2D eigenvalue weighted by atomic mass is 9.72. The van der Waals surface area contributed by atoms with Gasteiger partial charge in [0.05, 0.1) is 16.9 Å². The summed E-state index contributed by atoms with van der Waals surface area (Å²) in [6.45, 7) is 6.81. The average Bonchev–Trinajstić information content (AvgIpc) is 3.12. The molecule has 0 fully saturated rings. The molecular formula is C25H28N4OS2. The van der Waals surface area contributed by atoms with Gasteiger partial charge < -0.3 is 5.32 Å². The molecule has 7 heteroatoms. The van der Waals surface area contributed by atoms with Crippen LogP contribution in [0.2, 0.25) is 0 Å². The molecule has 2 aromatic rings. The van der Waals surface area contributed by atoms with E-state index < -0.39 is 0 Å². The largest absolute Gasteiger partial charge is 0.316 e. The van der Waals surface area contributed by atoms with Crippen LogP contribution in [-0.2, 0) is 30.5 Å². The van der Waals surface area contributed by atoms with Gasteiger partial charge in [-0.05, 0) is 73.5 Å². The maximum atomic E-state index is 12.7. The first-order valence-electron chi connectivity index (χ1n) is 11.2. The van der Waals surface area contributed by atoms with E-state index in [9.17, 15) is 15.3 Å². The fraction of sp³-hybridized carbons (Fsp3) is 0.520. The lowest BCUT2D eigenvalue weighted by molar-refractivity contribution is -0.113. The van der Waals surface area contributed by atoms with Crippen molar-refractivity contribution in [2.24, 2.45) is 11.3 Å². The molecule has 0 unspecified atom stereocenters. The summed E-state index contributed by atoms with van der Waals surface area (Å²) in [4.78, 5) is 18.7. The monoisotopic (exact) mass is 464 g/mol. The van der Waals surface area contributed by atoms with Gasteiger partial charge in [-0.25, -0.2) is 4.98 Å². The van der Waals surface area contributed by atoms with Crippen LogP contribution in [0.1, 0.15) is 72.9 Å². The van der Waals surface area contributed by atoms with Gasteiger partial charge in [0.2, 0.25) is 5.91 Å². The summed E-state index contributed by atoms with van der Waals surface area (Å²) < 4.78 is 0. The van der Waals surface area contributed by atoms with Gasteiger partial charge in [0.1, 0.15) is 22.2 Å². The maximum Gasteiger partial charge on any atom is 0.235 e. The number of aromatic nitrogens is 1. The summed E-state index contributed by atoms with van der Waals surface area (Å²) in [5.74, 6) is 0.582. The molecule has 2 aliphatic rings. The number of thioether (sulfide) groups is 1. The lowest BCUT2D eigenvalue weighted by Crippen LogP contribution is -2.26. The van der Waals surface area contributed by atoms with Crippen molar-refractivity contribution in [3.8, 4) is 12.1 Å². The maximum absolute atomic E-state index is 12.7. The van der Waals surface area contributed by atoms with E-state index in [4.69, 9.17) is 4.98 Å². The average molecular weight is 465 g/mol. The molecule has 32 heavy (non-hydrogen) atoms. The van der Waals surface area contributed by atoms with Crippen molar-refractivity contribution < 1.29 is 4.79 Å². The number of anilines is 1. The zero-order chi connectivity index (χ0) is 22.9. The van der Waals surface area contributed by atoms with Crippen LogP contribution < -0.4 is 5.32 Å². The SMILES string of the molecule is CC(C)(C)[C@@H]1CCc2c(sc(NC(=O)CSc3nc4c(cc3C#N)CCCC4)c2C#N)C1. The van der Waals surface area contributed by atoms with E-state index in [0.29, 0.717) is 27.1 Å². The summed E-state index contributed by atoms with van der Waals surface area (Å²) >= 11 is 2.85. The van der Waals surface area contributed by atoms with E-state index in [2.05, 4.69) is 38.2 Å². The molecule has 0 radical (unpaired) electrons. The van der Waals surface area contributed by atoms with Crippen molar-refractivity contribution in [2.75, 3.05) is 11.1 Å². The van der Waals surface area contributed by atoms with Gasteiger partial charge >= 0.3 is 0 Å². The fourth-order valence-corrected chi connectivity index (χ4v) is 6.70. The number of amides is 1. The first kappa shape index (κ1) is 22.8. The highest BCUT2D eigenvalue weighted by Crippen LogP contribution is 2.44. The predicted molar refractivity (Wildman–Crippen MR) is 129 cm³/mol. The molecule has 0 aromatic carbocycles. The second-order valence-electron chi connectivity index (χ2n) is 9.73. The highest BCUT2D eigenvalue weighted by Gasteiger charge is 2.32. The van der Waals surface area contributed by atoms with Gasteiger partial charge in [-0.3, -0.25) is 4.79 Å². The summed E-state index contributed by atoms with van der Waals surface area (Å²) in [7, 11) is 0. The van der Waals surface area contributed by atoms with Gasteiger partial charge in [0.15, 0.2) is 0 Å². The third-order valence-corrected chi connectivity index (χ3v) is 8.74. The number of carbonyl (C=O) groups is 1. The Hall–Kier alpha value is -2.35. The van der Waals surface area contributed by atoms with Crippen molar-refractivity contribution >= 4 is 34.0 Å². The Balaban J connectivity index is 1.46. The molecule has 2 aromatic heterocycles. The Morgan fingerprint density at radius 1 is 1.25 bits per heavy atom. The zero-order valence-electron chi connectivity index (χ0n) is 18.9. The Morgan fingerprint density at radius 3 is 2.75 bits per heavy atom. The van der Waals surface area contributed by atoms with E-state index in [1.54, 1.807) is 11.3 Å². The summed E-state index contributed by atoms with van der Waals surface area (Å²) in [5, 5.41) is 23.5. The molecule has 1 atom stereocenters. The molecule has 1 N–H and O–H groups in total. The number of pyridine rings is 1. The number of nitrogens with one attached hydrogen (secondary N) is 1. The fourth-order valence-electron chi connectivity index (χ4n) is 4.63. The Kier molecular flexibility index (Phi) is 6.60. The Labute approximate surface area is 198 Å². The van der Waals surface area contributed by atoms with Gasteiger partial charge in [0, 0.05) is 10.6 Å². The predicted octanol–water partition coefficient (Wildman–Crippen LogP) is 5.65. The lowest BCUT2D eigenvalue weighted by Gasteiger charge is -2.33. The van der Waals surface area contributed by atoms with Crippen LogP contribution in [0.3, 0.4) is 0 Å². The molecule has 0 saturated carbocycles. The summed E-state index contributed by atoms with van der Waals surface area (Å²) in [5.41, 5.74) is 4.74. The number of nitriles is 2. The number of hydrogen-bond donors (Lipinski definition) is 1. The normalized spacial score (nSPS) is 17.6. The van der Waals surface area contributed by atoms with Gasteiger partial charge in [0.25, 0.3) is 0 Å². The molecule has 0 saturated heterocycles. The summed E-state index contributed by atoms with van der Waals surface area (Å²) in [6.07, 6.45) is 7.09. The number of thiophene rings is 1. The van der Waals surface area contributed by atoms with Crippen molar-refractivity contribution in [3.63, 3.8) is 0 Å². The minimum atomic E-state index is -0.166. The summed E-state index contributed by atoms with van der Waals surface area (Å²) in [6, 6.07) is 6.49. The van der Waals surface area contributed by atoms with Crippen LogP contribution in [-0.4, -0.2) is 16.6 Å². The van der Waals surface area contributed by atoms with Gasteiger partial charge in [-0.1, -0.05) is 32.5 Å². The molecule has 0 aliphatic heterocycles. The molecule has 2 aliphatic carbocycles. The zero-order valence-corrected chi connectivity index (χ0v) is 20.5. The standard InChI is InChI=1S/C25H28N4OS2/c1-25(2,3)17-8-9-18-19(13-27)24(32-21(18)11-17)29-22(30)14-31-23-16(12-26)10-15-6-4-5-7-20(15)28-23/h10,17H,4-9,11,14H2,1-3H3,(H,29,30)/t17-/m1/s1. The van der Waals surface area contributed by atoms with Crippen molar-refractivity contribution in [1.82, 2.24) is 4.98 Å². The van der Waals surface area contributed by atoms with Crippen LogP contribution >= 0.6 is 23.1 Å². The third kappa shape index (κ3) is 4.70. The molecule has 5 nitrogen and oxygen atoms in total. The molecule has 4 rings (SSSR count). The number of nitrogens with zero attached hydrogens (tertiary/aromatic N) is 3. The van der Waals surface area contributed by atoms with Gasteiger partial charge in [-0.15, -0.1) is 11.3 Å². The highest BCUT2D eigenvalue weighted by molar-refractivity contribution is 8.00. The van der Waals surface area contributed by atoms with Crippen molar-refractivity contribution in [1.29, 1.82) is 10.5 Å². The van der Waals surface area contributed by atoms with Crippen LogP contribution in [0.5, 0.6) is 0 Å². The molecule has 1 amide bonds. The smallest absolute Gasteiger partial charge is 0.235 e. The van der Waals surface area contributed by atoms with E-state index >= 15 is 0 Å². The van der Waals surface area contributed by atoms with E-state index in [1.165, 1.54) is 16.6 Å². The number of rotatable bonds is 4.